The molecule has 3 aromatic carbocycles. The van der Waals surface area contributed by atoms with Crippen molar-refractivity contribution >= 4 is 23.4 Å². The van der Waals surface area contributed by atoms with Crippen LogP contribution in [-0.4, -0.2) is 147 Å². The zero-order valence-corrected chi connectivity index (χ0v) is 48.3. The molecule has 6 atom stereocenters. The Morgan fingerprint density at radius 2 is 1.38 bits per heavy atom. The highest BCUT2D eigenvalue weighted by molar-refractivity contribution is 5.99. The number of carbonyl (C=O) groups is 4. The van der Waals surface area contributed by atoms with Crippen LogP contribution in [0.25, 0.3) is 11.1 Å². The first-order chi connectivity index (χ1) is 38.1. The van der Waals surface area contributed by atoms with Gasteiger partial charge in [-0.2, -0.15) is 5.26 Å². The molecule has 0 aromatic heterocycles. The summed E-state index contributed by atoms with van der Waals surface area (Å²) in [5.41, 5.74) is 6.06. The second-order valence-corrected chi connectivity index (χ2v) is 22.0. The maximum atomic E-state index is 13.6. The summed E-state index contributed by atoms with van der Waals surface area (Å²) in [6.45, 7) is 24.7. The largest absolute Gasteiger partial charge is 0.497 e. The standard InChI is InChI=1S/C64H90N4O11/c1-9-51(38-47(3)48(4)49(5)69)60-42-55(12-10-46(60)2)52-13-15-54(16-14-52)62(71)66-22-26-74-30-32-77-34-36-79-37-35-78-33-31-75-27-23-67-63(72)57-40-50(39-56(41-57)53-17-19-59(73-8)20-18-53)11-21-61(70)58(44-65)43-64(6,7)45-68-24-28-76-29-25-68/h9-10,12-20,42-43,47-48,50-51,56-57H,1,11,21-41,45H2,2-8H3,(H,66,71)(H,67,72)/b58-43+/t47-,48?,50?,51+,56?,57?/m0/s1. The normalized spacial score (nSPS) is 18.2. The Hall–Kier alpha value is -5.57. The number of hydrogen-bond acceptors (Lipinski definition) is 13. The number of benzene rings is 3. The number of carbonyl (C=O) groups excluding carboxylic acids is 4. The number of ether oxygens (including phenoxy) is 7. The average molecular weight is 1090 g/mol. The molecule has 1 saturated carbocycles. The highest BCUT2D eigenvalue weighted by Crippen LogP contribution is 2.42. The predicted molar refractivity (Wildman–Crippen MR) is 308 cm³/mol. The molecule has 1 heterocycles. The molecule has 15 nitrogen and oxygen atoms in total. The van der Waals surface area contributed by atoms with Gasteiger partial charge in [-0.25, -0.2) is 0 Å². The van der Waals surface area contributed by atoms with Crippen molar-refractivity contribution in [3.8, 4) is 22.9 Å². The van der Waals surface area contributed by atoms with Gasteiger partial charge in [-0.1, -0.05) is 82.3 Å². The van der Waals surface area contributed by atoms with Crippen LogP contribution in [0.5, 0.6) is 5.75 Å². The van der Waals surface area contributed by atoms with E-state index in [9.17, 15) is 24.4 Å². The third kappa shape index (κ3) is 22.5. The number of hydrogen-bond donors (Lipinski definition) is 2. The van der Waals surface area contributed by atoms with Crippen LogP contribution in [0.4, 0.5) is 0 Å². The highest BCUT2D eigenvalue weighted by Gasteiger charge is 2.34. The minimum atomic E-state index is -0.343. The van der Waals surface area contributed by atoms with E-state index in [0.29, 0.717) is 117 Å². The van der Waals surface area contributed by atoms with Crippen LogP contribution in [-0.2, 0) is 42.8 Å². The summed E-state index contributed by atoms with van der Waals surface area (Å²) in [4.78, 5) is 54.2. The Labute approximate surface area is 471 Å². The molecule has 0 radical (unpaired) electrons. The number of Topliss-reactive ketones (excluding diaryl/α,β-unsaturated/α-hetero) is 2. The topological polar surface area (TPSA) is 184 Å². The van der Waals surface area contributed by atoms with E-state index in [-0.39, 0.29) is 76.3 Å². The molecule has 0 bridgehead atoms. The fraction of sp³-hybridized carbons (Fsp3) is 0.578. The lowest BCUT2D eigenvalue weighted by Gasteiger charge is -2.35. The number of amides is 2. The molecule has 5 rings (SSSR count). The number of aryl methyl sites for hydroxylation is 1. The average Bonchev–Trinajstić information content (AvgIpc) is 3.46. The van der Waals surface area contributed by atoms with Crippen molar-refractivity contribution in [1.82, 2.24) is 15.5 Å². The number of rotatable bonds is 36. The van der Waals surface area contributed by atoms with Crippen LogP contribution in [0, 0.1) is 47.3 Å². The smallest absolute Gasteiger partial charge is 0.251 e. The van der Waals surface area contributed by atoms with Crippen LogP contribution in [0.2, 0.25) is 0 Å². The quantitative estimate of drug-likeness (QED) is 0.0243. The van der Waals surface area contributed by atoms with E-state index < -0.39 is 0 Å². The summed E-state index contributed by atoms with van der Waals surface area (Å²) in [5, 5.41) is 16.0. The number of nitrogens with one attached hydrogen (secondary N) is 2. The molecule has 1 saturated heterocycles. The van der Waals surface area contributed by atoms with Crippen LogP contribution < -0.4 is 15.4 Å². The molecule has 1 aliphatic heterocycles. The molecular weight excluding hydrogens is 1000 g/mol. The van der Waals surface area contributed by atoms with Gasteiger partial charge < -0.3 is 43.8 Å². The molecule has 3 aromatic rings. The molecule has 4 unspecified atom stereocenters. The molecule has 15 heteroatoms. The highest BCUT2D eigenvalue weighted by atomic mass is 16.6. The van der Waals surface area contributed by atoms with Crippen molar-refractivity contribution in [2.75, 3.05) is 119 Å². The first kappa shape index (κ1) is 64.3. The lowest BCUT2D eigenvalue weighted by atomic mass is 9.70. The zero-order valence-electron chi connectivity index (χ0n) is 48.3. The van der Waals surface area contributed by atoms with E-state index in [1.807, 2.05) is 55.5 Å². The van der Waals surface area contributed by atoms with Crippen molar-refractivity contribution < 1.29 is 52.3 Å². The van der Waals surface area contributed by atoms with E-state index in [1.165, 1.54) is 11.1 Å². The van der Waals surface area contributed by atoms with E-state index in [0.717, 1.165) is 54.9 Å². The monoisotopic (exact) mass is 1090 g/mol. The second-order valence-electron chi connectivity index (χ2n) is 22.0. The Morgan fingerprint density at radius 3 is 1.95 bits per heavy atom. The molecule has 0 spiro atoms. The molecule has 2 N–H and O–H groups in total. The molecule has 2 aliphatic rings. The maximum Gasteiger partial charge on any atom is 0.251 e. The van der Waals surface area contributed by atoms with Gasteiger partial charge in [0.1, 0.15) is 17.6 Å². The van der Waals surface area contributed by atoms with Gasteiger partial charge in [-0.15, -0.1) is 6.58 Å². The van der Waals surface area contributed by atoms with Gasteiger partial charge in [0, 0.05) is 62.5 Å². The van der Waals surface area contributed by atoms with Gasteiger partial charge in [0.25, 0.3) is 5.91 Å². The SMILES string of the molecule is C=C[C@H](C[C@H](C)C(C)C(C)=O)c1cc(-c2ccc(C(=O)NCCOCCOCCOCCOCCOCCNC(=O)C3CC(CCC(=O)/C(C#N)=C/C(C)(C)CN4CCOCC4)CC(c4ccc(OC)cc4)C3)cc2)ccc1C. The van der Waals surface area contributed by atoms with Crippen molar-refractivity contribution in [3.63, 3.8) is 0 Å². The van der Waals surface area contributed by atoms with E-state index in [1.54, 1.807) is 14.0 Å². The lowest BCUT2D eigenvalue weighted by Crippen LogP contribution is -2.41. The Balaban J connectivity index is 0.882. The fourth-order valence-corrected chi connectivity index (χ4v) is 10.6. The Morgan fingerprint density at radius 1 is 0.797 bits per heavy atom. The minimum Gasteiger partial charge on any atom is -0.497 e. The molecule has 432 valence electrons. The van der Waals surface area contributed by atoms with Crippen molar-refractivity contribution in [3.05, 3.63) is 113 Å². The fourth-order valence-electron chi connectivity index (χ4n) is 10.6. The number of allylic oxidation sites excluding steroid dienone is 2. The van der Waals surface area contributed by atoms with Crippen LogP contribution in [0.3, 0.4) is 0 Å². The van der Waals surface area contributed by atoms with Gasteiger partial charge in [0.2, 0.25) is 5.91 Å². The van der Waals surface area contributed by atoms with E-state index in [4.69, 9.17) is 33.2 Å². The summed E-state index contributed by atoms with van der Waals surface area (Å²) >= 11 is 0. The number of ketones is 2. The molecular formula is C64H90N4O11. The molecule has 1 aliphatic carbocycles. The van der Waals surface area contributed by atoms with Crippen LogP contribution in [0.1, 0.15) is 112 Å². The van der Waals surface area contributed by atoms with Gasteiger partial charge in [0.05, 0.1) is 92.0 Å². The summed E-state index contributed by atoms with van der Waals surface area (Å²) in [7, 11) is 1.64. The summed E-state index contributed by atoms with van der Waals surface area (Å²) in [5.74, 6) is 1.11. The van der Waals surface area contributed by atoms with Gasteiger partial charge in [-0.3, -0.25) is 24.1 Å². The second kappa shape index (κ2) is 34.5. The number of nitriles is 1. The number of morpholine rings is 1. The van der Waals surface area contributed by atoms with Gasteiger partial charge in [0.15, 0.2) is 5.78 Å². The molecule has 2 amide bonds. The summed E-state index contributed by atoms with van der Waals surface area (Å²) in [6.07, 6.45) is 7.79. The zero-order chi connectivity index (χ0) is 57.0. The van der Waals surface area contributed by atoms with E-state index in [2.05, 4.69) is 86.2 Å². The summed E-state index contributed by atoms with van der Waals surface area (Å²) < 4.78 is 39.1. The third-order valence-electron chi connectivity index (χ3n) is 15.4. The Kier molecular flexibility index (Phi) is 28.1. The lowest BCUT2D eigenvalue weighted by molar-refractivity contribution is -0.127. The van der Waals surface area contributed by atoms with Crippen molar-refractivity contribution in [2.45, 2.75) is 91.9 Å². The van der Waals surface area contributed by atoms with Gasteiger partial charge >= 0.3 is 0 Å². The third-order valence-corrected chi connectivity index (χ3v) is 15.4. The van der Waals surface area contributed by atoms with E-state index >= 15 is 0 Å². The predicted octanol–water partition coefficient (Wildman–Crippen LogP) is 9.48. The number of methoxy groups -OCH3 is 1. The Bertz CT molecular complexity index is 2430. The van der Waals surface area contributed by atoms with Crippen LogP contribution >= 0.6 is 0 Å². The van der Waals surface area contributed by atoms with Gasteiger partial charge in [-0.05, 0) is 121 Å². The molecule has 2 fully saturated rings. The maximum absolute atomic E-state index is 13.6. The molecule has 79 heavy (non-hydrogen) atoms. The van der Waals surface area contributed by atoms with Crippen LogP contribution in [0.15, 0.2) is 91.0 Å². The summed E-state index contributed by atoms with van der Waals surface area (Å²) in [6, 6.07) is 24.2. The first-order valence-electron chi connectivity index (χ1n) is 28.5. The van der Waals surface area contributed by atoms with Crippen molar-refractivity contribution in [1.29, 1.82) is 5.26 Å². The van der Waals surface area contributed by atoms with Crippen molar-refractivity contribution in [2.24, 2.45) is 29.1 Å². The minimum absolute atomic E-state index is 0.00424. The first-order valence-corrected chi connectivity index (χ1v) is 28.5. The number of nitrogens with zero attached hydrogens (tertiary/aromatic N) is 2.